The van der Waals surface area contributed by atoms with Crippen LogP contribution in [-0.2, 0) is 21.1 Å². The Kier molecular flexibility index (Phi) is 4.18. The SMILES string of the molecule is CCS(=O)(=O)c1ccc(C)cc1-c1cn2cc(CC(=O)O)sc2n1. The van der Waals surface area contributed by atoms with Crippen molar-refractivity contribution in [1.82, 2.24) is 9.38 Å². The van der Waals surface area contributed by atoms with E-state index in [1.54, 1.807) is 35.9 Å². The Bertz CT molecular complexity index is 1000. The third-order valence-corrected chi connectivity index (χ3v) is 6.44. The van der Waals surface area contributed by atoms with Crippen molar-refractivity contribution in [2.24, 2.45) is 0 Å². The van der Waals surface area contributed by atoms with E-state index in [0.717, 1.165) is 5.56 Å². The van der Waals surface area contributed by atoms with E-state index in [-0.39, 0.29) is 17.1 Å². The Morgan fingerprint density at radius 2 is 2.08 bits per heavy atom. The number of aromatic nitrogens is 2. The summed E-state index contributed by atoms with van der Waals surface area (Å²) >= 11 is 1.29. The maximum atomic E-state index is 12.3. The number of thiazole rings is 1. The zero-order valence-electron chi connectivity index (χ0n) is 13.2. The number of rotatable bonds is 5. The van der Waals surface area contributed by atoms with Crippen molar-refractivity contribution in [3.05, 3.63) is 41.0 Å². The molecular weight excluding hydrogens is 348 g/mol. The van der Waals surface area contributed by atoms with E-state index in [4.69, 9.17) is 5.11 Å². The number of aryl methyl sites for hydroxylation is 1. The lowest BCUT2D eigenvalue weighted by Crippen LogP contribution is -2.06. The van der Waals surface area contributed by atoms with Crippen LogP contribution in [0.2, 0.25) is 0 Å². The van der Waals surface area contributed by atoms with E-state index in [2.05, 4.69) is 4.98 Å². The van der Waals surface area contributed by atoms with Gasteiger partial charge in [-0.15, -0.1) is 11.3 Å². The van der Waals surface area contributed by atoms with Gasteiger partial charge >= 0.3 is 5.97 Å². The van der Waals surface area contributed by atoms with Gasteiger partial charge in [-0.05, 0) is 19.1 Å². The molecule has 0 fully saturated rings. The highest BCUT2D eigenvalue weighted by Gasteiger charge is 2.20. The molecule has 0 aliphatic carbocycles. The molecule has 3 rings (SSSR count). The lowest BCUT2D eigenvalue weighted by molar-refractivity contribution is -0.136. The zero-order chi connectivity index (χ0) is 17.5. The molecule has 0 saturated heterocycles. The maximum Gasteiger partial charge on any atom is 0.308 e. The molecule has 0 aliphatic rings. The second-order valence-corrected chi connectivity index (χ2v) is 8.83. The third kappa shape index (κ3) is 3.07. The van der Waals surface area contributed by atoms with Gasteiger partial charge in [0.15, 0.2) is 14.8 Å². The predicted molar refractivity (Wildman–Crippen MR) is 92.3 cm³/mol. The van der Waals surface area contributed by atoms with E-state index in [9.17, 15) is 13.2 Å². The van der Waals surface area contributed by atoms with Gasteiger partial charge in [0, 0.05) is 22.8 Å². The minimum atomic E-state index is -3.36. The van der Waals surface area contributed by atoms with Crippen molar-refractivity contribution in [3.63, 3.8) is 0 Å². The zero-order valence-corrected chi connectivity index (χ0v) is 14.8. The van der Waals surface area contributed by atoms with E-state index < -0.39 is 15.8 Å². The smallest absolute Gasteiger partial charge is 0.308 e. The summed E-state index contributed by atoms with van der Waals surface area (Å²) in [5.74, 6) is -0.872. The first-order valence-corrected chi connectivity index (χ1v) is 9.80. The van der Waals surface area contributed by atoms with Gasteiger partial charge in [-0.1, -0.05) is 18.6 Å². The molecule has 1 aromatic carbocycles. The normalized spacial score (nSPS) is 11.9. The predicted octanol–water partition coefficient (Wildman–Crippen LogP) is 2.79. The summed E-state index contributed by atoms with van der Waals surface area (Å²) in [7, 11) is -3.36. The molecule has 8 heteroatoms. The van der Waals surface area contributed by atoms with Crippen LogP contribution in [0.15, 0.2) is 35.5 Å². The standard InChI is InChI=1S/C16H16N2O4S2/c1-3-24(21,22)14-5-4-10(2)6-12(14)13-9-18-8-11(7-15(19)20)23-16(18)17-13/h4-6,8-9H,3,7H2,1-2H3,(H,19,20). The highest BCUT2D eigenvalue weighted by molar-refractivity contribution is 7.91. The van der Waals surface area contributed by atoms with Crippen molar-refractivity contribution in [1.29, 1.82) is 0 Å². The van der Waals surface area contributed by atoms with Gasteiger partial charge in [0.2, 0.25) is 0 Å². The number of nitrogens with zero attached hydrogens (tertiary/aromatic N) is 2. The van der Waals surface area contributed by atoms with Crippen LogP contribution >= 0.6 is 11.3 Å². The van der Waals surface area contributed by atoms with Crippen molar-refractivity contribution >= 4 is 32.1 Å². The van der Waals surface area contributed by atoms with Gasteiger partial charge in [-0.2, -0.15) is 0 Å². The Morgan fingerprint density at radius 1 is 1.33 bits per heavy atom. The number of hydrogen-bond acceptors (Lipinski definition) is 5. The van der Waals surface area contributed by atoms with E-state index >= 15 is 0 Å². The monoisotopic (exact) mass is 364 g/mol. The van der Waals surface area contributed by atoms with Crippen molar-refractivity contribution in [2.45, 2.75) is 25.2 Å². The van der Waals surface area contributed by atoms with Gasteiger partial charge < -0.3 is 5.11 Å². The third-order valence-electron chi connectivity index (χ3n) is 3.66. The van der Waals surface area contributed by atoms with Crippen LogP contribution < -0.4 is 0 Å². The van der Waals surface area contributed by atoms with Crippen molar-refractivity contribution in [3.8, 4) is 11.3 Å². The summed E-state index contributed by atoms with van der Waals surface area (Å²) in [5, 5.41) is 8.86. The number of hydrogen-bond donors (Lipinski definition) is 1. The Balaban J connectivity index is 2.12. The lowest BCUT2D eigenvalue weighted by atomic mass is 10.1. The molecular formula is C16H16N2O4S2. The number of imidazole rings is 1. The van der Waals surface area contributed by atoms with Crippen LogP contribution in [0.3, 0.4) is 0 Å². The van der Waals surface area contributed by atoms with Crippen molar-refractivity contribution in [2.75, 3.05) is 5.75 Å². The molecule has 0 unspecified atom stereocenters. The van der Waals surface area contributed by atoms with Crippen LogP contribution in [0.5, 0.6) is 0 Å². The maximum absolute atomic E-state index is 12.3. The first kappa shape index (κ1) is 16.7. The molecule has 0 aliphatic heterocycles. The van der Waals surface area contributed by atoms with Crippen LogP contribution in [0.25, 0.3) is 16.2 Å². The van der Waals surface area contributed by atoms with Crippen LogP contribution in [0, 0.1) is 6.92 Å². The molecule has 2 aromatic heterocycles. The molecule has 6 nitrogen and oxygen atoms in total. The Labute approximate surface area is 143 Å². The number of aliphatic carboxylic acids is 1. The average molecular weight is 364 g/mol. The van der Waals surface area contributed by atoms with E-state index in [1.807, 2.05) is 13.0 Å². The summed E-state index contributed by atoms with van der Waals surface area (Å²) in [6.07, 6.45) is 3.40. The topological polar surface area (TPSA) is 88.7 Å². The number of carbonyl (C=O) groups is 1. The van der Waals surface area contributed by atoms with Crippen LogP contribution in [0.4, 0.5) is 0 Å². The summed E-state index contributed by atoms with van der Waals surface area (Å²) in [5.41, 5.74) is 2.09. The lowest BCUT2D eigenvalue weighted by Gasteiger charge is -2.08. The summed E-state index contributed by atoms with van der Waals surface area (Å²) < 4.78 is 26.4. The molecule has 24 heavy (non-hydrogen) atoms. The largest absolute Gasteiger partial charge is 0.481 e. The molecule has 0 atom stereocenters. The first-order valence-electron chi connectivity index (χ1n) is 7.33. The molecule has 0 amide bonds. The summed E-state index contributed by atoms with van der Waals surface area (Å²) in [6.45, 7) is 3.51. The quantitative estimate of drug-likeness (QED) is 0.752. The molecule has 0 saturated carbocycles. The number of carboxylic acid groups (broad SMARTS) is 1. The van der Waals surface area contributed by atoms with Gasteiger partial charge in [0.05, 0.1) is 22.8 Å². The van der Waals surface area contributed by atoms with E-state index in [0.29, 0.717) is 21.1 Å². The fraction of sp³-hybridized carbons (Fsp3) is 0.250. The summed E-state index contributed by atoms with van der Waals surface area (Å²) in [4.78, 5) is 16.9. The Hall–Kier alpha value is -2.19. The summed E-state index contributed by atoms with van der Waals surface area (Å²) in [6, 6.07) is 5.20. The highest BCUT2D eigenvalue weighted by atomic mass is 32.2. The molecule has 2 heterocycles. The van der Waals surface area contributed by atoms with Gasteiger partial charge in [0.1, 0.15) is 0 Å². The van der Waals surface area contributed by atoms with Gasteiger partial charge in [0.25, 0.3) is 0 Å². The second kappa shape index (κ2) is 6.03. The number of carboxylic acids is 1. The van der Waals surface area contributed by atoms with Crippen molar-refractivity contribution < 1.29 is 18.3 Å². The highest BCUT2D eigenvalue weighted by Crippen LogP contribution is 2.30. The number of benzene rings is 1. The molecule has 3 aromatic rings. The molecule has 0 bridgehead atoms. The van der Waals surface area contributed by atoms with Crippen LogP contribution in [-0.4, -0.2) is 34.6 Å². The second-order valence-electron chi connectivity index (χ2n) is 5.49. The molecule has 1 N–H and O–H groups in total. The molecule has 0 spiro atoms. The molecule has 0 radical (unpaired) electrons. The average Bonchev–Trinajstić information content (AvgIpc) is 3.04. The van der Waals surface area contributed by atoms with E-state index in [1.165, 1.54) is 11.3 Å². The molecule has 126 valence electrons. The van der Waals surface area contributed by atoms with Gasteiger partial charge in [-0.3, -0.25) is 9.20 Å². The fourth-order valence-corrected chi connectivity index (χ4v) is 4.51. The van der Waals surface area contributed by atoms with Crippen LogP contribution in [0.1, 0.15) is 17.4 Å². The first-order chi connectivity index (χ1) is 11.3. The minimum Gasteiger partial charge on any atom is -0.481 e. The number of fused-ring (bicyclic) bond motifs is 1. The number of sulfone groups is 1. The minimum absolute atomic E-state index is 0.0219. The van der Waals surface area contributed by atoms with Gasteiger partial charge in [-0.25, -0.2) is 13.4 Å². The fourth-order valence-electron chi connectivity index (χ4n) is 2.47. The Morgan fingerprint density at radius 3 is 2.71 bits per heavy atom.